The summed E-state index contributed by atoms with van der Waals surface area (Å²) in [6, 6.07) is 3.23. The van der Waals surface area contributed by atoms with Crippen LogP contribution < -0.4 is 10.5 Å². The molecule has 0 radical (unpaired) electrons. The number of hydrogen-bond acceptors (Lipinski definition) is 3. The van der Waals surface area contributed by atoms with E-state index >= 15 is 0 Å². The van der Waals surface area contributed by atoms with Crippen molar-refractivity contribution in [2.45, 2.75) is 44.2 Å². The first-order valence-corrected chi connectivity index (χ1v) is 6.76. The summed E-state index contributed by atoms with van der Waals surface area (Å²) in [6.45, 7) is 0.193. The summed E-state index contributed by atoms with van der Waals surface area (Å²) < 4.78 is 24.4. The minimum atomic E-state index is -0.403. The summed E-state index contributed by atoms with van der Waals surface area (Å²) in [7, 11) is 3.11. The van der Waals surface area contributed by atoms with Crippen LogP contribution in [0.25, 0.3) is 0 Å². The SMILES string of the molecule is COCc1c(F)ccc(C2(N)CCCCC2)c1OC. The summed E-state index contributed by atoms with van der Waals surface area (Å²) in [5, 5.41) is 0. The van der Waals surface area contributed by atoms with Gasteiger partial charge in [-0.1, -0.05) is 25.3 Å². The number of halogens is 1. The molecule has 106 valence electrons. The van der Waals surface area contributed by atoms with Gasteiger partial charge in [0, 0.05) is 18.2 Å². The number of ether oxygens (including phenoxy) is 2. The van der Waals surface area contributed by atoms with Crippen LogP contribution in [0.1, 0.15) is 43.2 Å². The smallest absolute Gasteiger partial charge is 0.132 e. The maximum absolute atomic E-state index is 13.9. The first-order chi connectivity index (χ1) is 9.12. The molecule has 0 aliphatic heterocycles. The number of benzene rings is 1. The fourth-order valence-corrected chi connectivity index (χ4v) is 2.96. The Labute approximate surface area is 113 Å². The zero-order valence-electron chi connectivity index (χ0n) is 11.7. The zero-order chi connectivity index (χ0) is 13.9. The summed E-state index contributed by atoms with van der Waals surface area (Å²) in [4.78, 5) is 0. The van der Waals surface area contributed by atoms with Crippen molar-refractivity contribution in [3.63, 3.8) is 0 Å². The molecule has 0 bridgehead atoms. The van der Waals surface area contributed by atoms with Gasteiger partial charge in [-0.25, -0.2) is 4.39 Å². The van der Waals surface area contributed by atoms with Gasteiger partial charge in [0.25, 0.3) is 0 Å². The monoisotopic (exact) mass is 267 g/mol. The van der Waals surface area contributed by atoms with Gasteiger partial charge in [-0.15, -0.1) is 0 Å². The van der Waals surface area contributed by atoms with Gasteiger partial charge in [-0.05, 0) is 18.9 Å². The van der Waals surface area contributed by atoms with E-state index in [1.165, 1.54) is 12.5 Å². The van der Waals surface area contributed by atoms with E-state index in [4.69, 9.17) is 15.2 Å². The lowest BCUT2D eigenvalue weighted by Gasteiger charge is -2.35. The van der Waals surface area contributed by atoms with E-state index in [1.54, 1.807) is 20.3 Å². The van der Waals surface area contributed by atoms with Crippen molar-refractivity contribution >= 4 is 0 Å². The van der Waals surface area contributed by atoms with Gasteiger partial charge in [-0.2, -0.15) is 0 Å². The van der Waals surface area contributed by atoms with Crippen LogP contribution in [0.2, 0.25) is 0 Å². The topological polar surface area (TPSA) is 44.5 Å². The van der Waals surface area contributed by atoms with Crippen LogP contribution in [0.5, 0.6) is 5.75 Å². The van der Waals surface area contributed by atoms with Crippen molar-refractivity contribution < 1.29 is 13.9 Å². The zero-order valence-corrected chi connectivity index (χ0v) is 11.7. The highest BCUT2D eigenvalue weighted by molar-refractivity contribution is 5.46. The fraction of sp³-hybridized carbons (Fsp3) is 0.600. The lowest BCUT2D eigenvalue weighted by molar-refractivity contribution is 0.176. The molecule has 0 spiro atoms. The van der Waals surface area contributed by atoms with E-state index in [2.05, 4.69) is 0 Å². The van der Waals surface area contributed by atoms with Gasteiger partial charge in [0.1, 0.15) is 11.6 Å². The molecule has 1 aromatic carbocycles. The van der Waals surface area contributed by atoms with Crippen LogP contribution in [0.3, 0.4) is 0 Å². The first-order valence-electron chi connectivity index (χ1n) is 6.76. The van der Waals surface area contributed by atoms with Gasteiger partial charge in [-0.3, -0.25) is 0 Å². The third kappa shape index (κ3) is 2.74. The highest BCUT2D eigenvalue weighted by Gasteiger charge is 2.33. The molecule has 1 aliphatic rings. The van der Waals surface area contributed by atoms with E-state index < -0.39 is 5.54 Å². The lowest BCUT2D eigenvalue weighted by Crippen LogP contribution is -2.39. The normalized spacial score (nSPS) is 18.3. The number of nitrogens with two attached hydrogens (primary N) is 1. The summed E-state index contributed by atoms with van der Waals surface area (Å²) in [5.41, 5.74) is 7.49. The molecular formula is C15H22FNO2. The molecule has 19 heavy (non-hydrogen) atoms. The molecule has 3 nitrogen and oxygen atoms in total. The average Bonchev–Trinajstić information content (AvgIpc) is 2.41. The second kappa shape index (κ2) is 5.88. The lowest BCUT2D eigenvalue weighted by atomic mass is 9.76. The molecule has 0 unspecified atom stereocenters. The first kappa shape index (κ1) is 14.3. The maximum atomic E-state index is 13.9. The molecule has 1 saturated carbocycles. The average molecular weight is 267 g/mol. The number of rotatable bonds is 4. The van der Waals surface area contributed by atoms with Crippen LogP contribution in [0.15, 0.2) is 12.1 Å². The predicted octanol–water partition coefficient (Wildman–Crippen LogP) is 3.10. The molecule has 1 aromatic rings. The molecule has 1 fully saturated rings. The summed E-state index contributed by atoms with van der Waals surface area (Å²) in [5.74, 6) is 0.244. The molecule has 2 rings (SSSR count). The van der Waals surface area contributed by atoms with Gasteiger partial charge in [0.2, 0.25) is 0 Å². The largest absolute Gasteiger partial charge is 0.496 e. The van der Waals surface area contributed by atoms with E-state index in [0.29, 0.717) is 11.3 Å². The third-order valence-corrected chi connectivity index (χ3v) is 3.98. The van der Waals surface area contributed by atoms with Crippen molar-refractivity contribution in [3.05, 3.63) is 29.1 Å². The number of methoxy groups -OCH3 is 2. The third-order valence-electron chi connectivity index (χ3n) is 3.98. The van der Waals surface area contributed by atoms with Crippen molar-refractivity contribution in [1.82, 2.24) is 0 Å². The number of hydrogen-bond donors (Lipinski definition) is 1. The summed E-state index contributed by atoms with van der Waals surface area (Å²) >= 11 is 0. The van der Waals surface area contributed by atoms with Crippen molar-refractivity contribution in [2.24, 2.45) is 5.73 Å². The Morgan fingerprint density at radius 2 is 1.89 bits per heavy atom. The Hall–Kier alpha value is -1.13. The minimum Gasteiger partial charge on any atom is -0.496 e. The molecule has 0 amide bonds. The highest BCUT2D eigenvalue weighted by Crippen LogP contribution is 2.41. The minimum absolute atomic E-state index is 0.193. The van der Waals surface area contributed by atoms with E-state index in [1.807, 2.05) is 0 Å². The standard InChI is InChI=1S/C15H22FNO2/c1-18-10-11-13(16)7-6-12(14(11)19-2)15(17)8-4-3-5-9-15/h6-7H,3-5,8-10,17H2,1-2H3. The molecule has 2 N–H and O–H groups in total. The van der Waals surface area contributed by atoms with E-state index in [9.17, 15) is 4.39 Å². The van der Waals surface area contributed by atoms with Crippen molar-refractivity contribution in [2.75, 3.05) is 14.2 Å². The second-order valence-electron chi connectivity index (χ2n) is 5.26. The van der Waals surface area contributed by atoms with Crippen LogP contribution in [0, 0.1) is 5.82 Å². The van der Waals surface area contributed by atoms with Crippen LogP contribution in [-0.2, 0) is 16.9 Å². The quantitative estimate of drug-likeness (QED) is 0.911. The van der Waals surface area contributed by atoms with E-state index in [0.717, 1.165) is 31.2 Å². The Morgan fingerprint density at radius 1 is 1.21 bits per heavy atom. The maximum Gasteiger partial charge on any atom is 0.132 e. The summed E-state index contributed by atoms with van der Waals surface area (Å²) in [6.07, 6.45) is 5.27. The Morgan fingerprint density at radius 3 is 2.47 bits per heavy atom. The molecular weight excluding hydrogens is 245 g/mol. The van der Waals surface area contributed by atoms with Gasteiger partial charge in [0.15, 0.2) is 0 Å². The van der Waals surface area contributed by atoms with E-state index in [-0.39, 0.29) is 12.4 Å². The van der Waals surface area contributed by atoms with Crippen molar-refractivity contribution in [3.8, 4) is 5.75 Å². The second-order valence-corrected chi connectivity index (χ2v) is 5.26. The molecule has 0 aromatic heterocycles. The highest BCUT2D eigenvalue weighted by atomic mass is 19.1. The van der Waals surface area contributed by atoms with Crippen LogP contribution in [-0.4, -0.2) is 14.2 Å². The van der Waals surface area contributed by atoms with Gasteiger partial charge >= 0.3 is 0 Å². The Bertz CT molecular complexity index is 442. The molecule has 1 aliphatic carbocycles. The fourth-order valence-electron chi connectivity index (χ4n) is 2.96. The van der Waals surface area contributed by atoms with Gasteiger partial charge < -0.3 is 15.2 Å². The Kier molecular flexibility index (Phi) is 4.42. The Balaban J connectivity index is 2.47. The molecule has 0 heterocycles. The molecule has 4 heteroatoms. The van der Waals surface area contributed by atoms with Gasteiger partial charge in [0.05, 0.1) is 19.3 Å². The van der Waals surface area contributed by atoms with Crippen molar-refractivity contribution in [1.29, 1.82) is 0 Å². The molecule has 0 saturated heterocycles. The molecule has 0 atom stereocenters. The van der Waals surface area contributed by atoms with Crippen LogP contribution >= 0.6 is 0 Å². The predicted molar refractivity (Wildman–Crippen MR) is 72.6 cm³/mol. The van der Waals surface area contributed by atoms with Crippen LogP contribution in [0.4, 0.5) is 4.39 Å².